The molecule has 2 nitrogen and oxygen atoms in total. The molecule has 3 heteroatoms. The molecule has 1 unspecified atom stereocenters. The molecule has 0 heterocycles. The van der Waals surface area contributed by atoms with Gasteiger partial charge in [-0.25, -0.2) is 0 Å². The summed E-state index contributed by atoms with van der Waals surface area (Å²) in [5, 5.41) is 0. The van der Waals surface area contributed by atoms with Crippen LogP contribution in [0.3, 0.4) is 0 Å². The van der Waals surface area contributed by atoms with Gasteiger partial charge in [-0.15, -0.1) is 0 Å². The van der Waals surface area contributed by atoms with Crippen LogP contribution < -0.4 is 0 Å². The molecule has 0 N–H and O–H groups in total. The van der Waals surface area contributed by atoms with E-state index in [1.54, 1.807) is 0 Å². The van der Waals surface area contributed by atoms with Gasteiger partial charge in [0.1, 0.15) is 0 Å². The summed E-state index contributed by atoms with van der Waals surface area (Å²) in [7, 11) is -1.76. The van der Waals surface area contributed by atoms with E-state index in [2.05, 4.69) is 31.2 Å². The Morgan fingerprint density at radius 3 is 2.50 bits per heavy atom. The van der Waals surface area contributed by atoms with Crippen LogP contribution in [0.2, 0.25) is 0 Å². The Labute approximate surface area is 86.2 Å². The highest BCUT2D eigenvalue weighted by atomic mass is 31.1. The van der Waals surface area contributed by atoms with Crippen molar-refractivity contribution in [1.29, 1.82) is 0 Å². The van der Waals surface area contributed by atoms with Crippen LogP contribution in [0.5, 0.6) is 0 Å². The number of aryl methyl sites for hydroxylation is 1. The Kier molecular flexibility index (Phi) is 4.92. The molecule has 1 aromatic rings. The van der Waals surface area contributed by atoms with Crippen molar-refractivity contribution in [3.63, 3.8) is 0 Å². The molecule has 78 valence electrons. The summed E-state index contributed by atoms with van der Waals surface area (Å²) < 4.78 is 16.2. The van der Waals surface area contributed by atoms with Crippen molar-refractivity contribution >= 4 is 8.03 Å². The van der Waals surface area contributed by atoms with Crippen LogP contribution in [0, 0.1) is 6.92 Å². The molecule has 14 heavy (non-hydrogen) atoms. The molecule has 0 aromatic heterocycles. The average molecular weight is 212 g/mol. The minimum Gasteiger partial charge on any atom is -0.330 e. The normalized spacial score (nSPS) is 12.7. The van der Waals surface area contributed by atoms with Gasteiger partial charge in [0, 0.05) is 6.16 Å². The summed E-state index contributed by atoms with van der Waals surface area (Å²) in [6.07, 6.45) is 1.48. The van der Waals surface area contributed by atoms with E-state index in [-0.39, 0.29) is 0 Å². The predicted molar refractivity (Wildman–Crippen MR) is 60.4 cm³/mol. The molecular weight excluding hydrogens is 195 g/mol. The Bertz CT molecular complexity index is 293. The Morgan fingerprint density at radius 1 is 1.29 bits per heavy atom. The largest absolute Gasteiger partial charge is 0.330 e. The monoisotopic (exact) mass is 212 g/mol. The topological polar surface area (TPSA) is 26.3 Å². The van der Waals surface area contributed by atoms with E-state index >= 15 is 0 Å². The maximum Gasteiger partial charge on any atom is 0.191 e. The Morgan fingerprint density at radius 2 is 1.93 bits per heavy atom. The fourth-order valence-electron chi connectivity index (χ4n) is 1.14. The van der Waals surface area contributed by atoms with E-state index in [0.29, 0.717) is 12.8 Å². The zero-order valence-electron chi connectivity index (χ0n) is 8.75. The third-order valence-electron chi connectivity index (χ3n) is 2.06. The number of benzene rings is 1. The lowest BCUT2D eigenvalue weighted by atomic mass is 10.1. The van der Waals surface area contributed by atoms with Crippen molar-refractivity contribution in [3.05, 3.63) is 35.4 Å². The highest BCUT2D eigenvalue weighted by Gasteiger charge is 1.96. The van der Waals surface area contributed by atoms with E-state index in [1.165, 1.54) is 11.1 Å². The van der Waals surface area contributed by atoms with E-state index in [1.807, 2.05) is 6.92 Å². The molecule has 0 saturated carbocycles. The van der Waals surface area contributed by atoms with Gasteiger partial charge >= 0.3 is 0 Å². The van der Waals surface area contributed by atoms with E-state index in [0.717, 1.165) is 6.42 Å². The van der Waals surface area contributed by atoms with E-state index in [9.17, 15) is 4.57 Å². The van der Waals surface area contributed by atoms with Gasteiger partial charge in [0.15, 0.2) is 8.03 Å². The molecule has 1 aromatic carbocycles. The molecule has 0 fully saturated rings. The third-order valence-corrected chi connectivity index (χ3v) is 3.17. The summed E-state index contributed by atoms with van der Waals surface area (Å²) in [4.78, 5) is 0. The van der Waals surface area contributed by atoms with Crippen LogP contribution in [0.15, 0.2) is 24.3 Å². The van der Waals surface area contributed by atoms with Gasteiger partial charge in [-0.05, 0) is 18.9 Å². The molecule has 0 radical (unpaired) electrons. The van der Waals surface area contributed by atoms with Crippen molar-refractivity contribution in [2.45, 2.75) is 20.3 Å². The van der Waals surface area contributed by atoms with Gasteiger partial charge in [0.2, 0.25) is 0 Å². The maximum absolute atomic E-state index is 11.0. The highest BCUT2D eigenvalue weighted by molar-refractivity contribution is 7.39. The molecule has 1 atom stereocenters. The first kappa shape index (κ1) is 11.5. The smallest absolute Gasteiger partial charge is 0.191 e. The average Bonchev–Trinajstić information content (AvgIpc) is 2.21. The molecule has 0 spiro atoms. The first-order chi connectivity index (χ1) is 6.72. The first-order valence-corrected chi connectivity index (χ1v) is 6.46. The first-order valence-electron chi connectivity index (χ1n) is 4.93. The summed E-state index contributed by atoms with van der Waals surface area (Å²) in [6, 6.07) is 8.33. The van der Waals surface area contributed by atoms with Gasteiger partial charge in [-0.3, -0.25) is 4.57 Å². The van der Waals surface area contributed by atoms with Gasteiger partial charge in [-0.2, -0.15) is 0 Å². The molecule has 0 saturated heterocycles. The SMILES string of the molecule is CC[PH](=O)OCCc1ccc(C)cc1. The lowest BCUT2D eigenvalue weighted by molar-refractivity contribution is 0.334. The van der Waals surface area contributed by atoms with Gasteiger partial charge < -0.3 is 4.52 Å². The second kappa shape index (κ2) is 6.00. The quantitative estimate of drug-likeness (QED) is 0.701. The molecule has 0 aliphatic rings. The van der Waals surface area contributed by atoms with Crippen LogP contribution in [0.25, 0.3) is 0 Å². The predicted octanol–water partition coefficient (Wildman–Crippen LogP) is 3.05. The fourth-order valence-corrected chi connectivity index (χ4v) is 1.67. The number of hydrogen-bond acceptors (Lipinski definition) is 2. The van der Waals surface area contributed by atoms with Crippen LogP contribution in [-0.2, 0) is 15.5 Å². The van der Waals surface area contributed by atoms with E-state index in [4.69, 9.17) is 4.52 Å². The summed E-state index contributed by atoms with van der Waals surface area (Å²) in [5.41, 5.74) is 2.50. The molecule has 0 amide bonds. The van der Waals surface area contributed by atoms with Crippen LogP contribution >= 0.6 is 8.03 Å². The summed E-state index contributed by atoms with van der Waals surface area (Å²) >= 11 is 0. The van der Waals surface area contributed by atoms with Crippen molar-refractivity contribution in [2.24, 2.45) is 0 Å². The van der Waals surface area contributed by atoms with Gasteiger partial charge in [0.25, 0.3) is 0 Å². The van der Waals surface area contributed by atoms with Crippen LogP contribution in [-0.4, -0.2) is 12.8 Å². The second-order valence-electron chi connectivity index (χ2n) is 3.31. The Hall–Kier alpha value is -0.590. The van der Waals surface area contributed by atoms with Gasteiger partial charge in [-0.1, -0.05) is 36.8 Å². The molecule has 0 aliphatic heterocycles. The van der Waals surface area contributed by atoms with E-state index < -0.39 is 8.03 Å². The van der Waals surface area contributed by atoms with Crippen molar-refractivity contribution in [3.8, 4) is 0 Å². The van der Waals surface area contributed by atoms with Crippen molar-refractivity contribution in [1.82, 2.24) is 0 Å². The standard InChI is InChI=1S/C11H17O2P/c1-3-14(12)13-9-8-11-6-4-10(2)5-7-11/h4-7,14H,3,8-9H2,1-2H3. The minimum atomic E-state index is -1.76. The third kappa shape index (κ3) is 4.08. The zero-order chi connectivity index (χ0) is 10.4. The Balaban J connectivity index is 2.31. The van der Waals surface area contributed by atoms with Gasteiger partial charge in [0.05, 0.1) is 6.61 Å². The number of hydrogen-bond donors (Lipinski definition) is 0. The maximum atomic E-state index is 11.0. The lowest BCUT2D eigenvalue weighted by Gasteiger charge is -2.03. The zero-order valence-corrected chi connectivity index (χ0v) is 9.75. The van der Waals surface area contributed by atoms with Crippen molar-refractivity contribution in [2.75, 3.05) is 12.8 Å². The molecule has 1 rings (SSSR count). The summed E-state index contributed by atoms with van der Waals surface area (Å²) in [6.45, 7) is 4.51. The van der Waals surface area contributed by atoms with Crippen LogP contribution in [0.4, 0.5) is 0 Å². The van der Waals surface area contributed by atoms with Crippen LogP contribution in [0.1, 0.15) is 18.1 Å². The highest BCUT2D eigenvalue weighted by Crippen LogP contribution is 2.20. The fraction of sp³-hybridized carbons (Fsp3) is 0.455. The number of rotatable bonds is 5. The minimum absolute atomic E-state index is 0.564. The lowest BCUT2D eigenvalue weighted by Crippen LogP contribution is -1.93. The van der Waals surface area contributed by atoms with Crippen molar-refractivity contribution < 1.29 is 9.09 Å². The second-order valence-corrected chi connectivity index (χ2v) is 5.05. The molecule has 0 aliphatic carbocycles. The molecule has 0 bridgehead atoms. The summed E-state index contributed by atoms with van der Waals surface area (Å²) in [5.74, 6) is 0. The molecular formula is C11H17O2P.